The second-order valence-corrected chi connectivity index (χ2v) is 4.49. The van der Waals surface area contributed by atoms with Crippen LogP contribution in [0.4, 0.5) is 5.69 Å². The molecule has 0 aromatic heterocycles. The number of rotatable bonds is 4. The Labute approximate surface area is 98.0 Å². The van der Waals surface area contributed by atoms with Crippen LogP contribution in [0.5, 0.6) is 0 Å². The van der Waals surface area contributed by atoms with Crippen LogP contribution in [-0.2, 0) is 0 Å². The van der Waals surface area contributed by atoms with Gasteiger partial charge in [0.1, 0.15) is 0 Å². The van der Waals surface area contributed by atoms with E-state index in [4.69, 9.17) is 18.0 Å². The molecule has 0 radical (unpaired) electrons. The molecule has 14 heavy (non-hydrogen) atoms. The molecule has 2 nitrogen and oxygen atoms in total. The van der Waals surface area contributed by atoms with Gasteiger partial charge in [0.2, 0.25) is 0 Å². The summed E-state index contributed by atoms with van der Waals surface area (Å²) in [7, 11) is 0. The number of benzene rings is 1. The zero-order valence-electron chi connectivity index (χ0n) is 8.01. The van der Waals surface area contributed by atoms with Gasteiger partial charge in [0, 0.05) is 23.1 Å². The van der Waals surface area contributed by atoms with E-state index in [2.05, 4.69) is 34.2 Å². The lowest BCUT2D eigenvalue weighted by Gasteiger charge is -2.07. The Morgan fingerprint density at radius 1 is 1.57 bits per heavy atom. The first kappa shape index (κ1) is 11.5. The van der Waals surface area contributed by atoms with Crippen LogP contribution < -0.4 is 11.1 Å². The van der Waals surface area contributed by atoms with Crippen molar-refractivity contribution in [2.75, 3.05) is 11.9 Å². The van der Waals surface area contributed by atoms with Gasteiger partial charge in [-0.3, -0.25) is 0 Å². The van der Waals surface area contributed by atoms with Crippen LogP contribution in [0.1, 0.15) is 12.0 Å². The van der Waals surface area contributed by atoms with Crippen molar-refractivity contribution < 1.29 is 0 Å². The average Bonchev–Trinajstić information content (AvgIpc) is 2.10. The lowest BCUT2D eigenvalue weighted by molar-refractivity contribution is 1.11. The Morgan fingerprint density at radius 3 is 2.86 bits per heavy atom. The number of aryl methyl sites for hydroxylation is 1. The Morgan fingerprint density at radius 2 is 2.29 bits per heavy atom. The molecule has 0 saturated heterocycles. The number of hydrogen-bond donors (Lipinski definition) is 2. The van der Waals surface area contributed by atoms with Gasteiger partial charge in [0.25, 0.3) is 0 Å². The van der Waals surface area contributed by atoms with E-state index < -0.39 is 0 Å². The molecule has 0 bridgehead atoms. The maximum atomic E-state index is 5.39. The van der Waals surface area contributed by atoms with Crippen molar-refractivity contribution in [3.05, 3.63) is 28.2 Å². The molecular weight excluding hydrogens is 260 g/mol. The predicted octanol–water partition coefficient (Wildman–Crippen LogP) is 2.85. The first-order valence-corrected chi connectivity index (χ1v) is 5.58. The van der Waals surface area contributed by atoms with E-state index in [-0.39, 0.29) is 0 Å². The normalized spacial score (nSPS) is 9.86. The van der Waals surface area contributed by atoms with Crippen LogP contribution in [-0.4, -0.2) is 11.5 Å². The minimum absolute atomic E-state index is 0.548. The fourth-order valence-electron chi connectivity index (χ4n) is 1.08. The number of nitrogens with one attached hydrogen (secondary N) is 1. The van der Waals surface area contributed by atoms with Gasteiger partial charge in [0.05, 0.1) is 4.99 Å². The van der Waals surface area contributed by atoms with E-state index in [1.54, 1.807) is 0 Å². The molecule has 1 aromatic carbocycles. The van der Waals surface area contributed by atoms with Crippen molar-refractivity contribution in [3.63, 3.8) is 0 Å². The number of hydrogen-bond acceptors (Lipinski definition) is 2. The molecule has 0 heterocycles. The van der Waals surface area contributed by atoms with Crippen molar-refractivity contribution in [1.82, 2.24) is 0 Å². The molecule has 1 aromatic rings. The monoisotopic (exact) mass is 272 g/mol. The van der Waals surface area contributed by atoms with Crippen LogP contribution >= 0.6 is 28.1 Å². The smallest absolute Gasteiger partial charge is 0.0745 e. The molecule has 0 atom stereocenters. The number of nitrogens with two attached hydrogens (primary N) is 1. The molecule has 0 fully saturated rings. The SMILES string of the molecule is Cc1cc(NCCC(N)=S)ccc1Br. The third kappa shape index (κ3) is 3.64. The van der Waals surface area contributed by atoms with Gasteiger partial charge >= 0.3 is 0 Å². The maximum Gasteiger partial charge on any atom is 0.0745 e. The maximum absolute atomic E-state index is 5.39. The van der Waals surface area contributed by atoms with Crippen molar-refractivity contribution in [2.45, 2.75) is 13.3 Å². The highest BCUT2D eigenvalue weighted by Crippen LogP contribution is 2.19. The van der Waals surface area contributed by atoms with Gasteiger partial charge in [-0.2, -0.15) is 0 Å². The predicted molar refractivity (Wildman–Crippen MR) is 68.8 cm³/mol. The number of anilines is 1. The summed E-state index contributed by atoms with van der Waals surface area (Å²) in [6.07, 6.45) is 0.727. The quantitative estimate of drug-likeness (QED) is 0.828. The molecule has 0 saturated carbocycles. The van der Waals surface area contributed by atoms with Crippen molar-refractivity contribution in [2.24, 2.45) is 5.73 Å². The Bertz CT molecular complexity index is 339. The molecule has 0 amide bonds. The van der Waals surface area contributed by atoms with Crippen molar-refractivity contribution in [1.29, 1.82) is 0 Å². The first-order chi connectivity index (χ1) is 6.59. The second kappa shape index (κ2) is 5.32. The summed E-state index contributed by atoms with van der Waals surface area (Å²) < 4.78 is 1.12. The second-order valence-electron chi connectivity index (χ2n) is 3.11. The lowest BCUT2D eigenvalue weighted by Crippen LogP contribution is -2.13. The summed E-state index contributed by atoms with van der Waals surface area (Å²) in [5.74, 6) is 0. The molecular formula is C10H13BrN2S. The van der Waals surface area contributed by atoms with E-state index in [1.807, 2.05) is 12.1 Å². The highest BCUT2D eigenvalue weighted by atomic mass is 79.9. The van der Waals surface area contributed by atoms with Crippen LogP contribution in [0.3, 0.4) is 0 Å². The first-order valence-electron chi connectivity index (χ1n) is 4.38. The average molecular weight is 273 g/mol. The van der Waals surface area contributed by atoms with Crippen molar-refractivity contribution in [3.8, 4) is 0 Å². The number of halogens is 1. The highest BCUT2D eigenvalue weighted by molar-refractivity contribution is 9.10. The van der Waals surface area contributed by atoms with Crippen molar-refractivity contribution >= 4 is 38.8 Å². The topological polar surface area (TPSA) is 38.0 Å². The molecule has 4 heteroatoms. The standard InChI is InChI=1S/C10H13BrN2S/c1-7-6-8(2-3-9(7)11)13-5-4-10(12)14/h2-3,6,13H,4-5H2,1H3,(H2,12,14). The molecule has 0 unspecified atom stereocenters. The Hall–Kier alpha value is -0.610. The minimum atomic E-state index is 0.548. The van der Waals surface area contributed by atoms with E-state index in [0.29, 0.717) is 4.99 Å². The lowest BCUT2D eigenvalue weighted by atomic mass is 10.2. The zero-order valence-corrected chi connectivity index (χ0v) is 10.4. The van der Waals surface area contributed by atoms with Gasteiger partial charge in [-0.15, -0.1) is 0 Å². The van der Waals surface area contributed by atoms with Gasteiger partial charge < -0.3 is 11.1 Å². The summed E-state index contributed by atoms with van der Waals surface area (Å²) in [6, 6.07) is 6.14. The summed E-state index contributed by atoms with van der Waals surface area (Å²) in [5.41, 5.74) is 7.71. The fraction of sp³-hybridized carbons (Fsp3) is 0.300. The molecule has 3 N–H and O–H groups in total. The molecule has 76 valence electrons. The third-order valence-electron chi connectivity index (χ3n) is 1.86. The molecule has 0 aliphatic rings. The van der Waals surface area contributed by atoms with Crippen LogP contribution in [0, 0.1) is 6.92 Å². The largest absolute Gasteiger partial charge is 0.393 e. The molecule has 0 aliphatic carbocycles. The van der Waals surface area contributed by atoms with Gasteiger partial charge in [0.15, 0.2) is 0 Å². The summed E-state index contributed by atoms with van der Waals surface area (Å²) in [4.78, 5) is 0.548. The van der Waals surface area contributed by atoms with Crippen LogP contribution in [0.2, 0.25) is 0 Å². The highest BCUT2D eigenvalue weighted by Gasteiger charge is 1.96. The van der Waals surface area contributed by atoms with E-state index in [9.17, 15) is 0 Å². The van der Waals surface area contributed by atoms with Crippen LogP contribution in [0.15, 0.2) is 22.7 Å². The zero-order chi connectivity index (χ0) is 10.6. The van der Waals surface area contributed by atoms with Crippen LogP contribution in [0.25, 0.3) is 0 Å². The number of thiocarbonyl (C=S) groups is 1. The third-order valence-corrected chi connectivity index (χ3v) is 2.95. The Kier molecular flexibility index (Phi) is 4.35. The molecule has 0 spiro atoms. The van der Waals surface area contributed by atoms with E-state index in [0.717, 1.165) is 23.1 Å². The van der Waals surface area contributed by atoms with Gasteiger partial charge in [-0.05, 0) is 30.7 Å². The van der Waals surface area contributed by atoms with Gasteiger partial charge in [-0.1, -0.05) is 28.1 Å². The fourth-order valence-corrected chi connectivity index (χ4v) is 1.43. The van der Waals surface area contributed by atoms with E-state index in [1.165, 1.54) is 5.56 Å². The van der Waals surface area contributed by atoms with E-state index >= 15 is 0 Å². The summed E-state index contributed by atoms with van der Waals surface area (Å²) in [6.45, 7) is 2.85. The summed E-state index contributed by atoms with van der Waals surface area (Å²) >= 11 is 8.24. The van der Waals surface area contributed by atoms with Gasteiger partial charge in [-0.25, -0.2) is 0 Å². The summed E-state index contributed by atoms with van der Waals surface area (Å²) in [5, 5.41) is 3.26. The molecule has 1 rings (SSSR count). The minimum Gasteiger partial charge on any atom is -0.393 e. The Balaban J connectivity index is 2.51. The molecule has 0 aliphatic heterocycles.